The smallest absolute Gasteiger partial charge is 0.426 e. The molecule has 1 aliphatic heterocycles. The third kappa shape index (κ3) is 6.36. The van der Waals surface area contributed by atoms with E-state index in [-0.39, 0.29) is 17.6 Å². The number of hydrogen-bond donors (Lipinski definition) is 2. The van der Waals surface area contributed by atoms with Gasteiger partial charge in [-0.05, 0) is 63.3 Å². The molecule has 0 aliphatic carbocycles. The number of carbonyl (C=O) groups is 3. The Bertz CT molecular complexity index is 1490. The molecule has 1 aromatic carbocycles. The van der Waals surface area contributed by atoms with Crippen molar-refractivity contribution in [3.05, 3.63) is 67.1 Å². The van der Waals surface area contributed by atoms with Crippen LogP contribution >= 0.6 is 22.9 Å². The van der Waals surface area contributed by atoms with E-state index < -0.39 is 34.5 Å². The van der Waals surface area contributed by atoms with Crippen LogP contribution in [-0.4, -0.2) is 58.0 Å². The zero-order valence-corrected chi connectivity index (χ0v) is 22.8. The summed E-state index contributed by atoms with van der Waals surface area (Å²) in [6, 6.07) is 6.35. The number of hydrazine groups is 1. The molecule has 0 spiro atoms. The van der Waals surface area contributed by atoms with Gasteiger partial charge in [0.2, 0.25) is 5.43 Å². The van der Waals surface area contributed by atoms with E-state index in [0.29, 0.717) is 23.6 Å². The maximum absolute atomic E-state index is 13.9. The summed E-state index contributed by atoms with van der Waals surface area (Å²) in [6.07, 6.45) is 0.742. The number of benzene rings is 1. The van der Waals surface area contributed by atoms with Gasteiger partial charge in [-0.1, -0.05) is 23.4 Å². The average Bonchev–Trinajstić information content (AvgIpc) is 3.56. The fourth-order valence-electron chi connectivity index (χ4n) is 3.97. The Balaban J connectivity index is 1.79. The number of hydrogen-bond acceptors (Lipinski definition) is 6. The summed E-state index contributed by atoms with van der Waals surface area (Å²) in [5, 5.41) is 5.14. The van der Waals surface area contributed by atoms with Crippen LogP contribution in [0.1, 0.15) is 60.0 Å². The van der Waals surface area contributed by atoms with Gasteiger partial charge in [0.05, 0.1) is 5.52 Å². The Morgan fingerprint density at radius 1 is 1.21 bits per heavy atom. The van der Waals surface area contributed by atoms with E-state index in [0.717, 1.165) is 23.4 Å². The summed E-state index contributed by atoms with van der Waals surface area (Å²) in [7, 11) is 0. The molecule has 198 valence electrons. The van der Waals surface area contributed by atoms with Crippen LogP contribution in [0.25, 0.3) is 10.9 Å². The topological polar surface area (TPSA) is 112 Å². The lowest BCUT2D eigenvalue weighted by Gasteiger charge is -2.26. The van der Waals surface area contributed by atoms with Gasteiger partial charge < -0.3 is 14.6 Å². The molecule has 1 fully saturated rings. The second kappa shape index (κ2) is 11.3. The van der Waals surface area contributed by atoms with Crippen molar-refractivity contribution in [2.45, 2.75) is 39.2 Å². The number of halogens is 1. The fourth-order valence-corrected chi connectivity index (χ4v) is 4.73. The first kappa shape index (κ1) is 27.2. The van der Waals surface area contributed by atoms with Gasteiger partial charge in [0.15, 0.2) is 0 Å². The van der Waals surface area contributed by atoms with E-state index >= 15 is 0 Å². The number of nitrogens with zero attached hydrogens (tertiary/aromatic N) is 2. The summed E-state index contributed by atoms with van der Waals surface area (Å²) in [4.78, 5) is 58.1. The van der Waals surface area contributed by atoms with E-state index in [1.165, 1.54) is 29.5 Å². The molecular formula is C27H27ClN4O5S. The van der Waals surface area contributed by atoms with Gasteiger partial charge in [-0.15, -0.1) is 0 Å². The monoisotopic (exact) mass is 554 g/mol. The van der Waals surface area contributed by atoms with Crippen molar-refractivity contribution in [2.24, 2.45) is 0 Å². The largest absolute Gasteiger partial charge is 0.443 e. The van der Waals surface area contributed by atoms with Crippen molar-refractivity contribution in [3.63, 3.8) is 0 Å². The highest BCUT2D eigenvalue weighted by atomic mass is 35.5. The Hall–Kier alpha value is -3.81. The van der Waals surface area contributed by atoms with Gasteiger partial charge in [-0.3, -0.25) is 14.4 Å². The minimum absolute atomic E-state index is 0.168. The molecule has 1 saturated heterocycles. The third-order valence-corrected chi connectivity index (χ3v) is 6.56. The van der Waals surface area contributed by atoms with Crippen LogP contribution in [0.3, 0.4) is 0 Å². The van der Waals surface area contributed by atoms with Gasteiger partial charge in [-0.2, -0.15) is 11.3 Å². The lowest BCUT2D eigenvalue weighted by Crippen LogP contribution is -2.50. The van der Waals surface area contributed by atoms with Crippen molar-refractivity contribution in [3.8, 4) is 11.8 Å². The standard InChI is InChI=1S/C27H27ClN4O5S/c1-27(2,3)37-26(36)30-32(13-6-7-17-10-14-38-16-17)24(34)21-22(25(35)31-11-4-5-12-31)29-20-15-18(28)8-9-19(20)23(21)33/h8-10,14-16H,4-5,11-13H2,1-3H3,(H,29,33)(H,30,36). The molecular weight excluding hydrogens is 528 g/mol. The first-order valence-corrected chi connectivity index (χ1v) is 13.3. The third-order valence-electron chi connectivity index (χ3n) is 5.65. The molecule has 9 nitrogen and oxygen atoms in total. The maximum Gasteiger partial charge on any atom is 0.426 e. The van der Waals surface area contributed by atoms with E-state index in [1.54, 1.807) is 25.7 Å². The van der Waals surface area contributed by atoms with Crippen LogP contribution in [-0.2, 0) is 4.74 Å². The molecule has 3 aromatic rings. The maximum atomic E-state index is 13.9. The normalized spacial score (nSPS) is 13.1. The van der Waals surface area contributed by atoms with Crippen molar-refractivity contribution >= 4 is 51.7 Å². The number of nitrogens with one attached hydrogen (secondary N) is 2. The van der Waals surface area contributed by atoms with Crippen LogP contribution in [0.2, 0.25) is 5.02 Å². The molecule has 1 aliphatic rings. The van der Waals surface area contributed by atoms with Crippen LogP contribution in [0.15, 0.2) is 39.8 Å². The van der Waals surface area contributed by atoms with E-state index in [9.17, 15) is 19.2 Å². The van der Waals surface area contributed by atoms with Gasteiger partial charge >= 0.3 is 6.09 Å². The first-order valence-electron chi connectivity index (χ1n) is 12.0. The minimum atomic E-state index is -0.903. The molecule has 0 unspecified atom stereocenters. The summed E-state index contributed by atoms with van der Waals surface area (Å²) in [5.74, 6) is 4.38. The lowest BCUT2D eigenvalue weighted by atomic mass is 10.1. The Kier molecular flexibility index (Phi) is 8.09. The van der Waals surface area contributed by atoms with Crippen LogP contribution < -0.4 is 10.9 Å². The van der Waals surface area contributed by atoms with E-state index in [1.807, 2.05) is 16.8 Å². The second-order valence-corrected chi connectivity index (χ2v) is 10.9. The summed E-state index contributed by atoms with van der Waals surface area (Å²) < 4.78 is 5.31. The second-order valence-electron chi connectivity index (χ2n) is 9.71. The van der Waals surface area contributed by atoms with Crippen molar-refractivity contribution in [2.75, 3.05) is 19.6 Å². The molecule has 3 amide bonds. The number of carbonyl (C=O) groups excluding carboxylic acids is 3. The summed E-state index contributed by atoms with van der Waals surface area (Å²) in [6.45, 7) is 5.80. The number of aromatic nitrogens is 1. The number of likely N-dealkylation sites (tertiary alicyclic amines) is 1. The first-order chi connectivity index (χ1) is 18.0. The van der Waals surface area contributed by atoms with Gasteiger partial charge in [0, 0.05) is 34.4 Å². The van der Waals surface area contributed by atoms with Crippen molar-refractivity contribution in [1.29, 1.82) is 0 Å². The van der Waals surface area contributed by atoms with Gasteiger partial charge in [0.1, 0.15) is 23.4 Å². The molecule has 38 heavy (non-hydrogen) atoms. The summed E-state index contributed by atoms with van der Waals surface area (Å²) >= 11 is 7.59. The molecule has 3 heterocycles. The molecule has 4 rings (SSSR count). The van der Waals surface area contributed by atoms with Crippen molar-refractivity contribution < 1.29 is 19.1 Å². The zero-order chi connectivity index (χ0) is 27.4. The quantitative estimate of drug-likeness (QED) is 0.368. The molecule has 11 heteroatoms. The average molecular weight is 555 g/mol. The minimum Gasteiger partial charge on any atom is -0.443 e. The highest BCUT2D eigenvalue weighted by Gasteiger charge is 2.32. The predicted molar refractivity (Wildman–Crippen MR) is 146 cm³/mol. The Morgan fingerprint density at radius 2 is 1.95 bits per heavy atom. The molecule has 2 aromatic heterocycles. The fraction of sp³-hybridized carbons (Fsp3) is 0.333. The number of ether oxygens (including phenoxy) is 1. The van der Waals surface area contributed by atoms with Gasteiger partial charge in [0.25, 0.3) is 11.8 Å². The Labute approximate surface area is 228 Å². The summed E-state index contributed by atoms with van der Waals surface area (Å²) in [5.41, 5.74) is 1.40. The highest BCUT2D eigenvalue weighted by molar-refractivity contribution is 7.08. The van der Waals surface area contributed by atoms with Gasteiger partial charge in [-0.25, -0.2) is 15.2 Å². The van der Waals surface area contributed by atoms with E-state index in [4.69, 9.17) is 16.3 Å². The number of amides is 3. The number of aromatic amines is 1. The molecule has 0 atom stereocenters. The number of H-pyrrole nitrogens is 1. The van der Waals surface area contributed by atoms with E-state index in [2.05, 4.69) is 22.3 Å². The lowest BCUT2D eigenvalue weighted by molar-refractivity contribution is 0.0314. The molecule has 0 saturated carbocycles. The highest BCUT2D eigenvalue weighted by Crippen LogP contribution is 2.21. The van der Waals surface area contributed by atoms with Crippen LogP contribution in [0.5, 0.6) is 0 Å². The number of pyridine rings is 1. The zero-order valence-electron chi connectivity index (χ0n) is 21.2. The molecule has 0 bridgehead atoms. The SMILES string of the molecule is CC(C)(C)OC(=O)NN(CC#Cc1ccsc1)C(=O)c1c(C(=O)N2CCCC2)[nH]c2cc(Cl)ccc2c1=O. The molecule has 2 N–H and O–H groups in total. The Morgan fingerprint density at radius 3 is 2.61 bits per heavy atom. The van der Waals surface area contributed by atoms with Crippen LogP contribution in [0.4, 0.5) is 4.79 Å². The number of rotatable bonds is 3. The predicted octanol–water partition coefficient (Wildman–Crippen LogP) is 4.41. The van der Waals surface area contributed by atoms with Crippen LogP contribution in [0, 0.1) is 11.8 Å². The van der Waals surface area contributed by atoms with Crippen molar-refractivity contribution in [1.82, 2.24) is 20.3 Å². The number of fused-ring (bicyclic) bond motifs is 1. The number of thiophene rings is 1. The molecule has 0 radical (unpaired) electrons.